The molecule has 0 aliphatic rings. The van der Waals surface area contributed by atoms with E-state index >= 15 is 0 Å². The molecule has 0 saturated carbocycles. The molecule has 8 heteroatoms. The Morgan fingerprint density at radius 1 is 0.757 bits per heavy atom. The van der Waals surface area contributed by atoms with Gasteiger partial charge in [-0.1, -0.05) is 12.1 Å². The SMILES string of the molecule is CCOC(Cc1n[nH]c2nc(-c3ccc(F)cc3)c(-c3ccncc3)c(-c3ccc(F)cc3)c12)OCC. The highest BCUT2D eigenvalue weighted by atomic mass is 19.1. The number of H-pyrrole nitrogens is 1. The van der Waals surface area contributed by atoms with Gasteiger partial charge in [0.15, 0.2) is 11.9 Å². The van der Waals surface area contributed by atoms with E-state index in [-0.39, 0.29) is 11.6 Å². The van der Waals surface area contributed by atoms with Crippen molar-refractivity contribution in [1.82, 2.24) is 20.2 Å². The summed E-state index contributed by atoms with van der Waals surface area (Å²) in [5.74, 6) is -0.672. The average Bonchev–Trinajstić information content (AvgIpc) is 3.31. The van der Waals surface area contributed by atoms with Crippen LogP contribution in [-0.2, 0) is 15.9 Å². The fourth-order valence-corrected chi connectivity index (χ4v) is 4.49. The van der Waals surface area contributed by atoms with E-state index in [9.17, 15) is 8.78 Å². The topological polar surface area (TPSA) is 72.9 Å². The highest BCUT2D eigenvalue weighted by Crippen LogP contribution is 2.44. The minimum atomic E-state index is -0.483. The van der Waals surface area contributed by atoms with Crippen molar-refractivity contribution in [1.29, 1.82) is 0 Å². The number of halogens is 2. The maximum Gasteiger partial charge on any atom is 0.163 e. The Hall–Kier alpha value is -4.01. The second-order valence-corrected chi connectivity index (χ2v) is 8.40. The lowest BCUT2D eigenvalue weighted by atomic mass is 9.88. The predicted molar refractivity (Wildman–Crippen MR) is 139 cm³/mol. The third-order valence-electron chi connectivity index (χ3n) is 6.07. The molecule has 0 fully saturated rings. The highest BCUT2D eigenvalue weighted by molar-refractivity contribution is 6.07. The first-order valence-electron chi connectivity index (χ1n) is 12.2. The van der Waals surface area contributed by atoms with E-state index in [2.05, 4.69) is 15.2 Å². The van der Waals surface area contributed by atoms with Gasteiger partial charge in [-0.3, -0.25) is 10.1 Å². The van der Waals surface area contributed by atoms with Crippen molar-refractivity contribution in [3.8, 4) is 33.5 Å². The van der Waals surface area contributed by atoms with Gasteiger partial charge >= 0.3 is 0 Å². The summed E-state index contributed by atoms with van der Waals surface area (Å²) >= 11 is 0. The van der Waals surface area contributed by atoms with Crippen LogP contribution in [-0.4, -0.2) is 39.7 Å². The number of hydrogen-bond acceptors (Lipinski definition) is 5. The minimum absolute atomic E-state index is 0.335. The van der Waals surface area contributed by atoms with Crippen molar-refractivity contribution in [3.05, 3.63) is 90.4 Å². The monoisotopic (exact) mass is 500 g/mol. The molecule has 0 spiro atoms. The van der Waals surface area contributed by atoms with Crippen LogP contribution >= 0.6 is 0 Å². The van der Waals surface area contributed by atoms with E-state index in [1.807, 2.05) is 26.0 Å². The van der Waals surface area contributed by atoms with Crippen LogP contribution in [0.3, 0.4) is 0 Å². The largest absolute Gasteiger partial charge is 0.353 e. The van der Waals surface area contributed by atoms with Gasteiger partial charge < -0.3 is 9.47 Å². The average molecular weight is 501 g/mol. The molecule has 0 saturated heterocycles. The van der Waals surface area contributed by atoms with Gasteiger partial charge in [-0.25, -0.2) is 13.8 Å². The number of benzene rings is 2. The quantitative estimate of drug-likeness (QED) is 0.232. The fourth-order valence-electron chi connectivity index (χ4n) is 4.49. The molecular formula is C29H26F2N4O2. The van der Waals surface area contributed by atoms with E-state index < -0.39 is 6.29 Å². The van der Waals surface area contributed by atoms with Gasteiger partial charge in [0, 0.05) is 48.7 Å². The first kappa shape index (κ1) is 24.7. The zero-order valence-corrected chi connectivity index (χ0v) is 20.5. The molecule has 0 radical (unpaired) electrons. The van der Waals surface area contributed by atoms with Gasteiger partial charge in [-0.2, -0.15) is 5.10 Å². The van der Waals surface area contributed by atoms with Crippen molar-refractivity contribution < 1.29 is 18.3 Å². The molecule has 0 amide bonds. The van der Waals surface area contributed by atoms with Crippen molar-refractivity contribution in [2.75, 3.05) is 13.2 Å². The molecule has 5 aromatic rings. The minimum Gasteiger partial charge on any atom is -0.353 e. The summed E-state index contributed by atoms with van der Waals surface area (Å²) in [5, 5.41) is 8.45. The van der Waals surface area contributed by atoms with Crippen LogP contribution in [0.1, 0.15) is 19.5 Å². The third kappa shape index (κ3) is 5.12. The van der Waals surface area contributed by atoms with Crippen LogP contribution in [0.15, 0.2) is 73.1 Å². The van der Waals surface area contributed by atoms with Gasteiger partial charge in [0.05, 0.1) is 16.8 Å². The molecule has 188 valence electrons. The summed E-state index contributed by atoms with van der Waals surface area (Å²) in [6.45, 7) is 4.81. The van der Waals surface area contributed by atoms with E-state index in [4.69, 9.17) is 14.5 Å². The van der Waals surface area contributed by atoms with Crippen LogP contribution in [0.25, 0.3) is 44.5 Å². The Morgan fingerprint density at radius 3 is 1.92 bits per heavy atom. The van der Waals surface area contributed by atoms with Gasteiger partial charge in [0.2, 0.25) is 0 Å². The maximum atomic E-state index is 14.0. The zero-order chi connectivity index (χ0) is 25.8. The van der Waals surface area contributed by atoms with Crippen molar-refractivity contribution >= 4 is 11.0 Å². The molecule has 37 heavy (non-hydrogen) atoms. The molecule has 0 aliphatic carbocycles. The maximum absolute atomic E-state index is 14.0. The molecule has 2 aromatic carbocycles. The number of pyridine rings is 2. The molecule has 0 bridgehead atoms. The second kappa shape index (κ2) is 10.9. The standard InChI is InChI=1S/C29H26F2N4O2/c1-3-36-24(37-4-2)17-23-27-25(18-5-9-21(30)10-6-18)26(19-13-15-32-16-14-19)28(33-29(27)35-34-23)20-7-11-22(31)12-8-20/h5-16,24H,3-4,17H2,1-2H3,(H,33,34,35). The van der Waals surface area contributed by atoms with E-state index in [1.165, 1.54) is 24.3 Å². The third-order valence-corrected chi connectivity index (χ3v) is 6.07. The first-order valence-corrected chi connectivity index (χ1v) is 12.2. The summed E-state index contributed by atoms with van der Waals surface area (Å²) in [6.07, 6.45) is 3.32. The van der Waals surface area contributed by atoms with Crippen molar-refractivity contribution in [2.24, 2.45) is 0 Å². The lowest BCUT2D eigenvalue weighted by Crippen LogP contribution is -2.20. The smallest absolute Gasteiger partial charge is 0.163 e. The fraction of sp³-hybridized carbons (Fsp3) is 0.207. The second-order valence-electron chi connectivity index (χ2n) is 8.40. The molecule has 3 heterocycles. The number of rotatable bonds is 9. The summed E-state index contributed by atoms with van der Waals surface area (Å²) in [6, 6.07) is 16.3. The van der Waals surface area contributed by atoms with Crippen LogP contribution in [0.5, 0.6) is 0 Å². The molecule has 0 atom stereocenters. The molecule has 0 unspecified atom stereocenters. The summed E-state index contributed by atoms with van der Waals surface area (Å²) in [5.41, 5.74) is 5.92. The number of ether oxygens (including phenoxy) is 2. The van der Waals surface area contributed by atoms with Crippen LogP contribution in [0, 0.1) is 11.6 Å². The first-order chi connectivity index (χ1) is 18.1. The van der Waals surface area contributed by atoms with Gasteiger partial charge in [-0.15, -0.1) is 0 Å². The molecule has 5 rings (SSSR count). The Bertz CT molecular complexity index is 1480. The number of fused-ring (bicyclic) bond motifs is 1. The van der Waals surface area contributed by atoms with Gasteiger partial charge in [0.25, 0.3) is 0 Å². The van der Waals surface area contributed by atoms with Crippen molar-refractivity contribution in [2.45, 2.75) is 26.6 Å². The number of aromatic nitrogens is 4. The summed E-state index contributed by atoms with van der Waals surface area (Å²) in [4.78, 5) is 9.14. The van der Waals surface area contributed by atoms with E-state index in [0.717, 1.165) is 38.9 Å². The van der Waals surface area contributed by atoms with Crippen LogP contribution in [0.4, 0.5) is 8.78 Å². The molecular weight excluding hydrogens is 474 g/mol. The molecule has 1 N–H and O–H groups in total. The number of aromatic amines is 1. The van der Waals surface area contributed by atoms with Gasteiger partial charge in [0.1, 0.15) is 11.6 Å². The van der Waals surface area contributed by atoms with Crippen LogP contribution in [0.2, 0.25) is 0 Å². The molecule has 6 nitrogen and oxygen atoms in total. The number of nitrogens with one attached hydrogen (secondary N) is 1. The zero-order valence-electron chi connectivity index (χ0n) is 20.5. The Morgan fingerprint density at radius 2 is 1.32 bits per heavy atom. The Labute approximate surface area is 213 Å². The normalized spacial score (nSPS) is 11.5. The number of hydrogen-bond donors (Lipinski definition) is 1. The van der Waals surface area contributed by atoms with Crippen LogP contribution < -0.4 is 0 Å². The van der Waals surface area contributed by atoms with Crippen molar-refractivity contribution in [3.63, 3.8) is 0 Å². The highest BCUT2D eigenvalue weighted by Gasteiger charge is 2.25. The summed E-state index contributed by atoms with van der Waals surface area (Å²) < 4.78 is 39.4. The lowest BCUT2D eigenvalue weighted by molar-refractivity contribution is -0.134. The van der Waals surface area contributed by atoms with E-state index in [1.54, 1.807) is 36.7 Å². The van der Waals surface area contributed by atoms with Gasteiger partial charge in [-0.05, 0) is 73.5 Å². The predicted octanol–water partition coefficient (Wildman–Crippen LogP) is 6.57. The molecule has 3 aromatic heterocycles. The Kier molecular flexibility index (Phi) is 7.30. The molecule has 0 aliphatic heterocycles. The Balaban J connectivity index is 1.84. The lowest BCUT2D eigenvalue weighted by Gasteiger charge is -2.19. The summed E-state index contributed by atoms with van der Waals surface area (Å²) in [7, 11) is 0. The number of nitrogens with zero attached hydrogens (tertiary/aromatic N) is 3. The van der Waals surface area contributed by atoms with E-state index in [0.29, 0.717) is 31.0 Å².